The van der Waals surface area contributed by atoms with Crippen molar-refractivity contribution in [2.45, 2.75) is 13.3 Å². The Bertz CT molecular complexity index is 913. The zero-order chi connectivity index (χ0) is 17.4. The van der Waals surface area contributed by atoms with Gasteiger partial charge in [0.1, 0.15) is 5.82 Å². The number of furan rings is 1. The molecule has 4 nitrogen and oxygen atoms in total. The van der Waals surface area contributed by atoms with E-state index in [1.807, 2.05) is 6.07 Å². The van der Waals surface area contributed by atoms with E-state index in [-0.39, 0.29) is 5.82 Å². The van der Waals surface area contributed by atoms with Crippen molar-refractivity contribution >= 4 is 22.5 Å². The molecule has 1 saturated heterocycles. The third kappa shape index (κ3) is 3.07. The number of anilines is 2. The quantitative estimate of drug-likeness (QED) is 0.767. The van der Waals surface area contributed by atoms with Crippen LogP contribution in [0.1, 0.15) is 16.7 Å². The van der Waals surface area contributed by atoms with Gasteiger partial charge in [-0.05, 0) is 42.3 Å². The average molecular weight is 339 g/mol. The number of aryl methyl sites for hydroxylation is 1. The van der Waals surface area contributed by atoms with Gasteiger partial charge in [-0.2, -0.15) is 0 Å². The summed E-state index contributed by atoms with van der Waals surface area (Å²) in [6.45, 7) is 5.89. The van der Waals surface area contributed by atoms with E-state index in [0.717, 1.165) is 54.0 Å². The Morgan fingerprint density at radius 1 is 1.20 bits per heavy atom. The number of hydrogen-bond donors (Lipinski definition) is 2. The van der Waals surface area contributed by atoms with E-state index in [4.69, 9.17) is 10.2 Å². The summed E-state index contributed by atoms with van der Waals surface area (Å²) < 4.78 is 19.5. The van der Waals surface area contributed by atoms with Gasteiger partial charge in [-0.15, -0.1) is 0 Å². The molecule has 0 radical (unpaired) electrons. The summed E-state index contributed by atoms with van der Waals surface area (Å²) >= 11 is 0. The number of halogens is 1. The molecule has 0 bridgehead atoms. The Labute approximate surface area is 146 Å². The van der Waals surface area contributed by atoms with E-state index in [2.05, 4.69) is 29.3 Å². The Morgan fingerprint density at radius 2 is 2.00 bits per heavy atom. The van der Waals surface area contributed by atoms with Gasteiger partial charge in [0.2, 0.25) is 0 Å². The highest BCUT2D eigenvalue weighted by Gasteiger charge is 2.20. The second-order valence-corrected chi connectivity index (χ2v) is 6.65. The van der Waals surface area contributed by atoms with Crippen molar-refractivity contribution in [3.8, 4) is 0 Å². The van der Waals surface area contributed by atoms with Crippen LogP contribution in [0.25, 0.3) is 11.0 Å². The second kappa shape index (κ2) is 6.41. The summed E-state index contributed by atoms with van der Waals surface area (Å²) in [6.07, 6.45) is 0.557. The Morgan fingerprint density at radius 3 is 2.76 bits per heavy atom. The van der Waals surface area contributed by atoms with E-state index in [1.54, 1.807) is 12.1 Å². The first-order valence-corrected chi connectivity index (χ1v) is 8.63. The van der Waals surface area contributed by atoms with Gasteiger partial charge in [0.25, 0.3) is 0 Å². The molecule has 25 heavy (non-hydrogen) atoms. The Balaban J connectivity index is 1.80. The highest BCUT2D eigenvalue weighted by molar-refractivity contribution is 5.95. The van der Waals surface area contributed by atoms with E-state index in [9.17, 15) is 4.39 Å². The lowest BCUT2D eigenvalue weighted by molar-refractivity contribution is 0.582. The molecule has 4 rings (SSSR count). The summed E-state index contributed by atoms with van der Waals surface area (Å²) in [6, 6.07) is 10.9. The van der Waals surface area contributed by atoms with Gasteiger partial charge in [-0.25, -0.2) is 4.39 Å². The van der Waals surface area contributed by atoms with Crippen LogP contribution in [0.15, 0.2) is 40.8 Å². The second-order valence-electron chi connectivity index (χ2n) is 6.65. The summed E-state index contributed by atoms with van der Waals surface area (Å²) in [5.41, 5.74) is 11.1. The van der Waals surface area contributed by atoms with E-state index >= 15 is 0 Å². The minimum Gasteiger partial charge on any atom is -0.438 e. The molecule has 5 heteroatoms. The van der Waals surface area contributed by atoms with Crippen LogP contribution in [0.4, 0.5) is 16.0 Å². The molecule has 130 valence electrons. The van der Waals surface area contributed by atoms with Gasteiger partial charge < -0.3 is 20.4 Å². The molecule has 2 aromatic carbocycles. The molecule has 3 N–H and O–H groups in total. The normalized spacial score (nSPS) is 15.0. The van der Waals surface area contributed by atoms with Crippen molar-refractivity contribution in [3.63, 3.8) is 0 Å². The van der Waals surface area contributed by atoms with Gasteiger partial charge in [-0.3, -0.25) is 0 Å². The van der Waals surface area contributed by atoms with Crippen molar-refractivity contribution in [1.29, 1.82) is 0 Å². The maximum absolute atomic E-state index is 13.5. The van der Waals surface area contributed by atoms with Gasteiger partial charge in [-0.1, -0.05) is 12.1 Å². The maximum atomic E-state index is 13.5. The van der Waals surface area contributed by atoms with Crippen molar-refractivity contribution in [2.75, 3.05) is 36.8 Å². The smallest absolute Gasteiger partial charge is 0.195 e. The standard InChI is InChI=1S/C20H22FN3O/c1-13-9-16-17(12-14-3-2-4-15(21)11-14)20(22)25-19(16)18(10-13)24-7-5-23-6-8-24/h2-4,9-11,23H,5-8,12,22H2,1H3. The fraction of sp³-hybridized carbons (Fsp3) is 0.300. The largest absolute Gasteiger partial charge is 0.438 e. The molecule has 0 amide bonds. The predicted octanol–water partition coefficient (Wildman–Crippen LogP) is 3.46. The molecule has 1 aliphatic heterocycles. The van der Waals surface area contributed by atoms with Crippen molar-refractivity contribution < 1.29 is 8.81 Å². The lowest BCUT2D eigenvalue weighted by atomic mass is 10.0. The summed E-state index contributed by atoms with van der Waals surface area (Å²) in [5, 5.41) is 4.39. The minimum absolute atomic E-state index is 0.235. The number of fused-ring (bicyclic) bond motifs is 1. The highest BCUT2D eigenvalue weighted by Crippen LogP contribution is 2.37. The number of nitrogens with one attached hydrogen (secondary N) is 1. The molecular formula is C20H22FN3O. The van der Waals surface area contributed by atoms with Crippen LogP contribution < -0.4 is 16.0 Å². The zero-order valence-corrected chi connectivity index (χ0v) is 14.3. The van der Waals surface area contributed by atoms with Crippen LogP contribution >= 0.6 is 0 Å². The van der Waals surface area contributed by atoms with Crippen LogP contribution in [-0.2, 0) is 6.42 Å². The molecular weight excluding hydrogens is 317 g/mol. The molecule has 0 spiro atoms. The predicted molar refractivity (Wildman–Crippen MR) is 99.7 cm³/mol. The molecule has 1 aliphatic rings. The molecule has 0 saturated carbocycles. The number of nitrogen functional groups attached to an aromatic ring is 1. The number of benzene rings is 2. The van der Waals surface area contributed by atoms with Crippen molar-refractivity contribution in [1.82, 2.24) is 5.32 Å². The van der Waals surface area contributed by atoms with Gasteiger partial charge in [0.05, 0.1) is 5.69 Å². The number of rotatable bonds is 3. The number of hydrogen-bond acceptors (Lipinski definition) is 4. The fourth-order valence-corrected chi connectivity index (χ4v) is 3.56. The topological polar surface area (TPSA) is 54.4 Å². The number of nitrogens with zero attached hydrogens (tertiary/aromatic N) is 1. The van der Waals surface area contributed by atoms with Gasteiger partial charge in [0, 0.05) is 43.5 Å². The molecule has 1 aromatic heterocycles. The zero-order valence-electron chi connectivity index (χ0n) is 14.3. The number of piperazine rings is 1. The van der Waals surface area contributed by atoms with Crippen molar-refractivity contribution in [3.05, 3.63) is 58.9 Å². The third-order valence-electron chi connectivity index (χ3n) is 4.78. The van der Waals surface area contributed by atoms with Crippen molar-refractivity contribution in [2.24, 2.45) is 0 Å². The first-order valence-electron chi connectivity index (χ1n) is 8.63. The molecule has 1 fully saturated rings. The van der Waals surface area contributed by atoms with Crippen LogP contribution in [0.3, 0.4) is 0 Å². The maximum Gasteiger partial charge on any atom is 0.195 e. The molecule has 2 heterocycles. The first-order chi connectivity index (χ1) is 12.1. The SMILES string of the molecule is Cc1cc(N2CCNCC2)c2oc(N)c(Cc3cccc(F)c3)c2c1. The van der Waals surface area contributed by atoms with E-state index < -0.39 is 0 Å². The van der Waals surface area contributed by atoms with Crippen LogP contribution in [-0.4, -0.2) is 26.2 Å². The third-order valence-corrected chi connectivity index (χ3v) is 4.78. The van der Waals surface area contributed by atoms with Crippen LogP contribution in [0.5, 0.6) is 0 Å². The monoisotopic (exact) mass is 339 g/mol. The lowest BCUT2D eigenvalue weighted by Crippen LogP contribution is -2.43. The first kappa shape index (κ1) is 16.0. The Kier molecular flexibility index (Phi) is 4.09. The number of nitrogens with two attached hydrogens (primary N) is 1. The van der Waals surface area contributed by atoms with E-state index in [1.165, 1.54) is 11.6 Å². The summed E-state index contributed by atoms with van der Waals surface area (Å²) in [4.78, 5) is 2.33. The van der Waals surface area contributed by atoms with Crippen LogP contribution in [0, 0.1) is 12.7 Å². The van der Waals surface area contributed by atoms with Crippen LogP contribution in [0.2, 0.25) is 0 Å². The summed E-state index contributed by atoms with van der Waals surface area (Å²) in [5.74, 6) is 0.183. The van der Waals surface area contributed by atoms with E-state index in [0.29, 0.717) is 12.3 Å². The minimum atomic E-state index is -0.235. The van der Waals surface area contributed by atoms with Gasteiger partial charge >= 0.3 is 0 Å². The fourth-order valence-electron chi connectivity index (χ4n) is 3.56. The summed E-state index contributed by atoms with van der Waals surface area (Å²) in [7, 11) is 0. The lowest BCUT2D eigenvalue weighted by Gasteiger charge is -2.29. The highest BCUT2D eigenvalue weighted by atomic mass is 19.1. The Hall–Kier alpha value is -2.53. The van der Waals surface area contributed by atoms with Gasteiger partial charge in [0.15, 0.2) is 11.5 Å². The average Bonchev–Trinajstić information content (AvgIpc) is 2.91. The molecule has 3 aromatic rings. The molecule has 0 atom stereocenters. The molecule has 0 unspecified atom stereocenters. The molecule has 0 aliphatic carbocycles.